The van der Waals surface area contributed by atoms with Crippen molar-refractivity contribution in [1.29, 1.82) is 0 Å². The van der Waals surface area contributed by atoms with Gasteiger partial charge in [0.1, 0.15) is 5.75 Å². The average Bonchev–Trinajstić information content (AvgIpc) is 3.38. The van der Waals surface area contributed by atoms with Crippen molar-refractivity contribution >= 4 is 29.2 Å². The van der Waals surface area contributed by atoms with Crippen LogP contribution < -0.4 is 24.4 Å². The first-order valence-corrected chi connectivity index (χ1v) is 9.93. The number of anilines is 2. The quantitative estimate of drug-likeness (QED) is 0.678. The molecule has 162 valence electrons. The van der Waals surface area contributed by atoms with E-state index >= 15 is 0 Å². The van der Waals surface area contributed by atoms with Gasteiger partial charge in [0.2, 0.25) is 18.6 Å². The molecule has 0 saturated carbocycles. The van der Waals surface area contributed by atoms with Gasteiger partial charge in [0, 0.05) is 36.5 Å². The Bertz CT molecular complexity index is 1010. The van der Waals surface area contributed by atoms with E-state index in [2.05, 4.69) is 5.32 Å². The van der Waals surface area contributed by atoms with Crippen molar-refractivity contribution in [3.63, 3.8) is 0 Å². The number of carbonyl (C=O) groups excluding carboxylic acids is 3. The molecule has 0 radical (unpaired) electrons. The number of carbonyl (C=O) groups is 3. The van der Waals surface area contributed by atoms with Gasteiger partial charge in [0.15, 0.2) is 18.1 Å². The van der Waals surface area contributed by atoms with E-state index in [1.54, 1.807) is 54.3 Å². The number of ether oxygens (including phenoxy) is 4. The van der Waals surface area contributed by atoms with Gasteiger partial charge in [-0.05, 0) is 31.2 Å². The molecule has 1 saturated heterocycles. The minimum atomic E-state index is -0.498. The molecule has 0 spiro atoms. The molecule has 9 nitrogen and oxygen atoms in total. The van der Waals surface area contributed by atoms with E-state index in [4.69, 9.17) is 18.9 Å². The number of benzene rings is 2. The molecule has 0 aliphatic carbocycles. The molecule has 2 aromatic rings. The second kappa shape index (κ2) is 8.95. The lowest BCUT2D eigenvalue weighted by molar-refractivity contribution is -0.145. The molecule has 0 aromatic heterocycles. The van der Waals surface area contributed by atoms with Crippen LogP contribution in [0.25, 0.3) is 0 Å². The summed E-state index contributed by atoms with van der Waals surface area (Å²) in [6, 6.07) is 12.0. The lowest BCUT2D eigenvalue weighted by Crippen LogP contribution is -2.28. The summed E-state index contributed by atoms with van der Waals surface area (Å²) in [6.07, 6.45) is 0.110. The number of esters is 1. The van der Waals surface area contributed by atoms with Crippen molar-refractivity contribution < 1.29 is 33.3 Å². The highest BCUT2D eigenvalue weighted by atomic mass is 16.7. The molecule has 1 unspecified atom stereocenters. The molecule has 4 rings (SSSR count). The smallest absolute Gasteiger partial charge is 0.344 e. The number of rotatable bonds is 7. The highest BCUT2D eigenvalue weighted by Crippen LogP contribution is 2.37. The van der Waals surface area contributed by atoms with Gasteiger partial charge in [-0.15, -0.1) is 0 Å². The van der Waals surface area contributed by atoms with Gasteiger partial charge in [0.25, 0.3) is 0 Å². The number of hydrogen-bond donors (Lipinski definition) is 1. The van der Waals surface area contributed by atoms with Crippen molar-refractivity contribution in [2.75, 3.05) is 36.8 Å². The largest absolute Gasteiger partial charge is 0.482 e. The third-order valence-electron chi connectivity index (χ3n) is 4.93. The zero-order valence-electron chi connectivity index (χ0n) is 17.0. The Hall–Kier alpha value is -3.75. The average molecular weight is 426 g/mol. The lowest BCUT2D eigenvalue weighted by Gasteiger charge is -2.17. The fourth-order valence-corrected chi connectivity index (χ4v) is 3.44. The topological polar surface area (TPSA) is 103 Å². The van der Waals surface area contributed by atoms with Crippen molar-refractivity contribution in [2.24, 2.45) is 5.92 Å². The van der Waals surface area contributed by atoms with E-state index in [0.29, 0.717) is 28.6 Å². The van der Waals surface area contributed by atoms with Crippen molar-refractivity contribution in [3.05, 3.63) is 42.5 Å². The van der Waals surface area contributed by atoms with Gasteiger partial charge >= 0.3 is 5.97 Å². The minimum Gasteiger partial charge on any atom is -0.482 e. The molecule has 2 aliphatic rings. The molecule has 2 heterocycles. The van der Waals surface area contributed by atoms with Crippen LogP contribution in [-0.2, 0) is 19.1 Å². The summed E-state index contributed by atoms with van der Waals surface area (Å²) in [4.78, 5) is 38.2. The summed E-state index contributed by atoms with van der Waals surface area (Å²) >= 11 is 0. The Kier molecular flexibility index (Phi) is 5.92. The highest BCUT2D eigenvalue weighted by Gasteiger charge is 2.35. The molecule has 2 aliphatic heterocycles. The van der Waals surface area contributed by atoms with Crippen LogP contribution in [0.5, 0.6) is 17.2 Å². The van der Waals surface area contributed by atoms with Crippen LogP contribution in [0.3, 0.4) is 0 Å². The van der Waals surface area contributed by atoms with E-state index in [1.165, 1.54) is 0 Å². The summed E-state index contributed by atoms with van der Waals surface area (Å²) in [5, 5.41) is 2.81. The maximum Gasteiger partial charge on any atom is 0.344 e. The molecule has 2 amide bonds. The predicted molar refractivity (Wildman–Crippen MR) is 110 cm³/mol. The number of nitrogens with one attached hydrogen (secondary N) is 1. The molecule has 1 atom stereocenters. The van der Waals surface area contributed by atoms with Crippen molar-refractivity contribution in [2.45, 2.75) is 13.3 Å². The fourth-order valence-electron chi connectivity index (χ4n) is 3.44. The Morgan fingerprint density at radius 2 is 2.00 bits per heavy atom. The third-order valence-corrected chi connectivity index (χ3v) is 4.93. The van der Waals surface area contributed by atoms with Gasteiger partial charge < -0.3 is 29.2 Å². The first-order chi connectivity index (χ1) is 15.0. The molecular weight excluding hydrogens is 404 g/mol. The Balaban J connectivity index is 1.36. The van der Waals surface area contributed by atoms with Crippen LogP contribution in [-0.4, -0.2) is 44.3 Å². The van der Waals surface area contributed by atoms with Gasteiger partial charge in [-0.3, -0.25) is 9.59 Å². The monoisotopic (exact) mass is 426 g/mol. The summed E-state index contributed by atoms with van der Waals surface area (Å²) < 4.78 is 20.9. The number of amides is 2. The molecule has 9 heteroatoms. The summed E-state index contributed by atoms with van der Waals surface area (Å²) in [6.45, 7) is 2.20. The summed E-state index contributed by atoms with van der Waals surface area (Å²) in [7, 11) is 0. The number of nitrogens with zero attached hydrogens (tertiary/aromatic N) is 1. The normalized spacial score (nSPS) is 16.9. The zero-order chi connectivity index (χ0) is 21.8. The second-order valence-corrected chi connectivity index (χ2v) is 7.05. The standard InChI is InChI=1S/C22H22N2O7/c1-2-28-21(26)12-29-17-5-3-4-15(9-17)23-22(27)14-8-20(25)24(11-14)16-6-7-18-19(10-16)31-13-30-18/h3-7,9-10,14H,2,8,11-13H2,1H3,(H,23,27). The van der Waals surface area contributed by atoms with Crippen molar-refractivity contribution in [3.8, 4) is 17.2 Å². The van der Waals surface area contributed by atoms with E-state index in [-0.39, 0.29) is 44.8 Å². The SMILES string of the molecule is CCOC(=O)COc1cccc(NC(=O)C2CC(=O)N(c3ccc4c(c3)OCO4)C2)c1. The molecule has 1 N–H and O–H groups in total. The minimum absolute atomic E-state index is 0.110. The Morgan fingerprint density at radius 1 is 1.16 bits per heavy atom. The van der Waals surface area contributed by atoms with Crippen LogP contribution in [0.2, 0.25) is 0 Å². The van der Waals surface area contributed by atoms with Gasteiger partial charge in [-0.25, -0.2) is 4.79 Å². The van der Waals surface area contributed by atoms with Gasteiger partial charge in [-0.1, -0.05) is 6.07 Å². The van der Waals surface area contributed by atoms with Crippen LogP contribution in [0.15, 0.2) is 42.5 Å². The first-order valence-electron chi connectivity index (χ1n) is 9.93. The summed E-state index contributed by atoms with van der Waals surface area (Å²) in [5.41, 5.74) is 1.18. The fraction of sp³-hybridized carbons (Fsp3) is 0.318. The maximum absolute atomic E-state index is 12.7. The molecular formula is C22H22N2O7. The van der Waals surface area contributed by atoms with E-state index in [1.807, 2.05) is 0 Å². The maximum atomic E-state index is 12.7. The number of hydrogen-bond acceptors (Lipinski definition) is 7. The van der Waals surface area contributed by atoms with Crippen LogP contribution in [0.4, 0.5) is 11.4 Å². The third kappa shape index (κ3) is 4.71. The Labute approximate surface area is 178 Å². The number of fused-ring (bicyclic) bond motifs is 1. The molecule has 1 fully saturated rings. The first kappa shape index (κ1) is 20.5. The van der Waals surface area contributed by atoms with Gasteiger partial charge in [0.05, 0.1) is 12.5 Å². The van der Waals surface area contributed by atoms with E-state index < -0.39 is 11.9 Å². The van der Waals surface area contributed by atoms with Crippen molar-refractivity contribution in [1.82, 2.24) is 0 Å². The Morgan fingerprint density at radius 3 is 2.84 bits per heavy atom. The molecule has 31 heavy (non-hydrogen) atoms. The van der Waals surface area contributed by atoms with E-state index in [0.717, 1.165) is 0 Å². The van der Waals surface area contributed by atoms with E-state index in [9.17, 15) is 14.4 Å². The second-order valence-electron chi connectivity index (χ2n) is 7.05. The molecule has 2 aromatic carbocycles. The van der Waals surface area contributed by atoms with Crippen LogP contribution in [0, 0.1) is 5.92 Å². The van der Waals surface area contributed by atoms with Crippen LogP contribution >= 0.6 is 0 Å². The summed E-state index contributed by atoms with van der Waals surface area (Å²) in [5.74, 6) is 0.277. The zero-order valence-corrected chi connectivity index (χ0v) is 17.0. The highest BCUT2D eigenvalue weighted by molar-refractivity contribution is 6.03. The molecule has 0 bridgehead atoms. The van der Waals surface area contributed by atoms with Gasteiger partial charge in [-0.2, -0.15) is 0 Å². The van der Waals surface area contributed by atoms with Crippen LogP contribution in [0.1, 0.15) is 13.3 Å². The lowest BCUT2D eigenvalue weighted by atomic mass is 10.1. The predicted octanol–water partition coefficient (Wildman–Crippen LogP) is 2.35.